The maximum atomic E-state index is 12.6. The first-order chi connectivity index (χ1) is 13.4. The van der Waals surface area contributed by atoms with Crippen LogP contribution in [-0.4, -0.2) is 59.5 Å². The minimum Gasteiger partial charge on any atom is -0.464 e. The number of esters is 2. The molecule has 3 rings (SSSR count). The van der Waals surface area contributed by atoms with Crippen molar-refractivity contribution in [2.24, 2.45) is 0 Å². The van der Waals surface area contributed by atoms with E-state index in [4.69, 9.17) is 9.47 Å². The van der Waals surface area contributed by atoms with E-state index in [9.17, 15) is 19.2 Å². The first-order valence-corrected chi connectivity index (χ1v) is 9.69. The quantitative estimate of drug-likeness (QED) is 0.548. The predicted octanol–water partition coefficient (Wildman–Crippen LogP) is 0.619. The summed E-state index contributed by atoms with van der Waals surface area (Å²) >= 11 is 1.40. The molecule has 2 heterocycles. The molecule has 8 nitrogen and oxygen atoms in total. The van der Waals surface area contributed by atoms with E-state index < -0.39 is 23.4 Å². The highest BCUT2D eigenvalue weighted by Crippen LogP contribution is 2.40. The van der Waals surface area contributed by atoms with Gasteiger partial charge in [0.1, 0.15) is 23.7 Å². The second-order valence-corrected chi connectivity index (χ2v) is 7.45. The summed E-state index contributed by atoms with van der Waals surface area (Å²) in [6.07, 6.45) is 0.166. The van der Waals surface area contributed by atoms with Gasteiger partial charge in [0.2, 0.25) is 5.91 Å². The Morgan fingerprint density at radius 3 is 2.61 bits per heavy atom. The second-order valence-electron chi connectivity index (χ2n) is 6.34. The zero-order valence-corrected chi connectivity index (χ0v) is 16.3. The number of rotatable bonds is 6. The van der Waals surface area contributed by atoms with E-state index in [0.717, 1.165) is 5.56 Å². The lowest BCUT2D eigenvalue weighted by atomic mass is 10.0. The van der Waals surface area contributed by atoms with Crippen molar-refractivity contribution in [3.05, 3.63) is 47.2 Å². The number of nitrogens with one attached hydrogen (secondary N) is 1. The Hall–Kier alpha value is -2.81. The summed E-state index contributed by atoms with van der Waals surface area (Å²) in [6, 6.07) is 8.51. The van der Waals surface area contributed by atoms with Crippen molar-refractivity contribution in [3.8, 4) is 0 Å². The molecule has 148 valence electrons. The van der Waals surface area contributed by atoms with Crippen LogP contribution in [0.15, 0.2) is 41.6 Å². The summed E-state index contributed by atoms with van der Waals surface area (Å²) in [5.41, 5.74) is 1.44. The Morgan fingerprint density at radius 2 is 1.96 bits per heavy atom. The molecular weight excluding hydrogens is 384 g/mol. The fourth-order valence-electron chi connectivity index (χ4n) is 3.07. The highest BCUT2D eigenvalue weighted by molar-refractivity contribution is 8.00. The minimum atomic E-state index is -0.712. The lowest BCUT2D eigenvalue weighted by molar-refractivity contribution is -0.152. The maximum absolute atomic E-state index is 12.6. The third-order valence-electron chi connectivity index (χ3n) is 4.40. The number of amides is 2. The van der Waals surface area contributed by atoms with E-state index in [-0.39, 0.29) is 30.5 Å². The van der Waals surface area contributed by atoms with E-state index in [0.29, 0.717) is 11.3 Å². The molecular formula is C19H20N2O6S. The average Bonchev–Trinajstić information content (AvgIpc) is 2.69. The number of fused-ring (bicyclic) bond motifs is 1. The van der Waals surface area contributed by atoms with Gasteiger partial charge in [0.25, 0.3) is 5.91 Å². The van der Waals surface area contributed by atoms with Crippen LogP contribution in [0.25, 0.3) is 0 Å². The summed E-state index contributed by atoms with van der Waals surface area (Å²) in [7, 11) is 1.22. The smallest absolute Gasteiger partial charge is 0.354 e. The SMILES string of the molecule is COC(=O)C1=C(COC(C)=O)CS[C@@H]2[C@H](NC(=O)Cc3ccccc3)C(=O)N12. The molecule has 0 aliphatic carbocycles. The van der Waals surface area contributed by atoms with Crippen molar-refractivity contribution < 1.29 is 28.7 Å². The number of ether oxygens (including phenoxy) is 2. The highest BCUT2D eigenvalue weighted by Gasteiger charge is 2.54. The van der Waals surface area contributed by atoms with Crippen LogP contribution in [0.5, 0.6) is 0 Å². The first-order valence-electron chi connectivity index (χ1n) is 8.64. The summed E-state index contributed by atoms with van der Waals surface area (Å²) in [5, 5.41) is 2.34. The van der Waals surface area contributed by atoms with E-state index in [1.54, 1.807) is 0 Å². The van der Waals surface area contributed by atoms with Crippen LogP contribution in [0, 0.1) is 0 Å². The van der Waals surface area contributed by atoms with Crippen LogP contribution in [0.2, 0.25) is 0 Å². The molecule has 2 amide bonds. The number of thioether (sulfide) groups is 1. The molecule has 1 fully saturated rings. The second kappa shape index (κ2) is 8.47. The zero-order chi connectivity index (χ0) is 20.3. The number of hydrogen-bond acceptors (Lipinski definition) is 7. The predicted molar refractivity (Wildman–Crippen MR) is 101 cm³/mol. The highest BCUT2D eigenvalue weighted by atomic mass is 32.2. The van der Waals surface area contributed by atoms with Gasteiger partial charge in [0, 0.05) is 18.2 Å². The van der Waals surface area contributed by atoms with Gasteiger partial charge >= 0.3 is 11.9 Å². The van der Waals surface area contributed by atoms with Crippen LogP contribution in [-0.2, 0) is 35.1 Å². The molecule has 0 radical (unpaired) electrons. The molecule has 0 aromatic heterocycles. The topological polar surface area (TPSA) is 102 Å². The molecule has 0 spiro atoms. The number of nitrogens with zero attached hydrogens (tertiary/aromatic N) is 1. The van der Waals surface area contributed by atoms with Gasteiger partial charge in [-0.3, -0.25) is 19.3 Å². The largest absolute Gasteiger partial charge is 0.464 e. The molecule has 0 saturated carbocycles. The van der Waals surface area contributed by atoms with E-state index in [1.807, 2.05) is 30.3 Å². The molecule has 1 N–H and O–H groups in total. The summed E-state index contributed by atoms with van der Waals surface area (Å²) in [5.74, 6) is -1.42. The van der Waals surface area contributed by atoms with Gasteiger partial charge in [-0.1, -0.05) is 30.3 Å². The van der Waals surface area contributed by atoms with Crippen molar-refractivity contribution in [2.75, 3.05) is 19.5 Å². The van der Waals surface area contributed by atoms with Gasteiger partial charge < -0.3 is 14.8 Å². The first kappa shape index (κ1) is 19.9. The average molecular weight is 404 g/mol. The zero-order valence-electron chi connectivity index (χ0n) is 15.5. The lowest BCUT2D eigenvalue weighted by Gasteiger charge is -2.49. The molecule has 1 aromatic rings. The number of carbonyl (C=O) groups excluding carboxylic acids is 4. The van der Waals surface area contributed by atoms with Crippen molar-refractivity contribution in [2.45, 2.75) is 24.8 Å². The van der Waals surface area contributed by atoms with E-state index in [1.165, 1.54) is 30.7 Å². The van der Waals surface area contributed by atoms with Gasteiger partial charge in [0.15, 0.2) is 0 Å². The van der Waals surface area contributed by atoms with Gasteiger partial charge in [-0.2, -0.15) is 0 Å². The molecule has 1 aromatic carbocycles. The Kier molecular flexibility index (Phi) is 6.03. The minimum absolute atomic E-state index is 0.0889. The Morgan fingerprint density at radius 1 is 1.25 bits per heavy atom. The standard InChI is InChI=1S/C19H20N2O6S/c1-11(22)27-9-13-10-28-18-15(17(24)21(18)16(13)19(25)26-2)20-14(23)8-12-6-4-3-5-7-12/h3-7,15,18H,8-10H2,1-2H3,(H,20,23)/t15-,18-/m1/s1. The fraction of sp³-hybridized carbons (Fsp3) is 0.368. The van der Waals surface area contributed by atoms with Gasteiger partial charge in [0.05, 0.1) is 13.5 Å². The molecule has 28 heavy (non-hydrogen) atoms. The van der Waals surface area contributed by atoms with Crippen LogP contribution >= 0.6 is 11.8 Å². The van der Waals surface area contributed by atoms with E-state index in [2.05, 4.69) is 5.32 Å². The molecule has 1 saturated heterocycles. The van der Waals surface area contributed by atoms with Crippen LogP contribution in [0.3, 0.4) is 0 Å². The lowest BCUT2D eigenvalue weighted by Crippen LogP contribution is -2.70. The van der Waals surface area contributed by atoms with Crippen molar-refractivity contribution in [1.82, 2.24) is 10.2 Å². The van der Waals surface area contributed by atoms with Gasteiger partial charge in [-0.25, -0.2) is 4.79 Å². The van der Waals surface area contributed by atoms with Crippen LogP contribution in [0.1, 0.15) is 12.5 Å². The van der Waals surface area contributed by atoms with Crippen molar-refractivity contribution in [1.29, 1.82) is 0 Å². The third-order valence-corrected chi connectivity index (χ3v) is 5.74. The number of carbonyl (C=O) groups is 4. The Labute approximate surface area is 166 Å². The number of hydrogen-bond donors (Lipinski definition) is 1. The maximum Gasteiger partial charge on any atom is 0.354 e. The summed E-state index contributed by atoms with van der Waals surface area (Å²) < 4.78 is 9.78. The number of benzene rings is 1. The van der Waals surface area contributed by atoms with Crippen LogP contribution < -0.4 is 5.32 Å². The molecule has 0 bridgehead atoms. The summed E-state index contributed by atoms with van der Waals surface area (Å²) in [4.78, 5) is 49.6. The fourth-order valence-corrected chi connectivity index (χ4v) is 4.40. The monoisotopic (exact) mass is 404 g/mol. The Balaban J connectivity index is 1.71. The summed E-state index contributed by atoms with van der Waals surface area (Å²) in [6.45, 7) is 1.18. The molecule has 2 aliphatic heterocycles. The Bertz CT molecular complexity index is 838. The van der Waals surface area contributed by atoms with Crippen molar-refractivity contribution >= 4 is 35.5 Å². The van der Waals surface area contributed by atoms with Crippen LogP contribution in [0.4, 0.5) is 0 Å². The van der Waals surface area contributed by atoms with Crippen molar-refractivity contribution in [3.63, 3.8) is 0 Å². The molecule has 9 heteroatoms. The number of β-lactam (4-membered cyclic amide) rings is 1. The van der Waals surface area contributed by atoms with Gasteiger partial charge in [-0.15, -0.1) is 11.8 Å². The van der Waals surface area contributed by atoms with E-state index >= 15 is 0 Å². The van der Waals surface area contributed by atoms with Gasteiger partial charge in [-0.05, 0) is 5.56 Å². The normalized spacial score (nSPS) is 20.8. The molecule has 2 atom stereocenters. The molecule has 2 aliphatic rings. The molecule has 0 unspecified atom stereocenters. The third kappa shape index (κ3) is 4.04. The number of methoxy groups -OCH3 is 1.